The molecule has 2 N–H and O–H groups in total. The van der Waals surface area contributed by atoms with Crippen LogP contribution in [0, 0.1) is 5.92 Å². The van der Waals surface area contributed by atoms with E-state index in [-0.39, 0.29) is 12.5 Å². The van der Waals surface area contributed by atoms with Gasteiger partial charge in [-0.3, -0.25) is 9.59 Å². The summed E-state index contributed by atoms with van der Waals surface area (Å²) >= 11 is 5.75. The zero-order chi connectivity index (χ0) is 13.5. The number of benzene rings is 1. The van der Waals surface area contributed by atoms with Gasteiger partial charge in [-0.1, -0.05) is 30.7 Å². The maximum atomic E-state index is 11.5. The predicted octanol–water partition coefficient (Wildman–Crippen LogP) is 2.11. The van der Waals surface area contributed by atoms with Crippen molar-refractivity contribution in [1.29, 1.82) is 0 Å². The van der Waals surface area contributed by atoms with Gasteiger partial charge >= 0.3 is 5.97 Å². The highest BCUT2D eigenvalue weighted by Crippen LogP contribution is 2.10. The van der Waals surface area contributed by atoms with Gasteiger partial charge in [0, 0.05) is 18.0 Å². The number of aliphatic carboxylic acids is 1. The molecule has 0 aromatic heterocycles. The smallest absolute Gasteiger partial charge is 0.308 e. The van der Waals surface area contributed by atoms with Gasteiger partial charge in [0.2, 0.25) is 5.91 Å². The highest BCUT2D eigenvalue weighted by molar-refractivity contribution is 6.30. The number of carbonyl (C=O) groups is 2. The molecule has 0 aliphatic carbocycles. The van der Waals surface area contributed by atoms with Crippen molar-refractivity contribution in [1.82, 2.24) is 5.32 Å². The Morgan fingerprint density at radius 2 is 1.94 bits per heavy atom. The minimum absolute atomic E-state index is 0.141. The van der Waals surface area contributed by atoms with Crippen LogP contribution in [0.2, 0.25) is 5.02 Å². The largest absolute Gasteiger partial charge is 0.481 e. The van der Waals surface area contributed by atoms with Crippen molar-refractivity contribution >= 4 is 23.5 Å². The van der Waals surface area contributed by atoms with Gasteiger partial charge in [-0.15, -0.1) is 0 Å². The van der Waals surface area contributed by atoms with Gasteiger partial charge in [0.05, 0.1) is 5.92 Å². The van der Waals surface area contributed by atoms with Crippen molar-refractivity contribution in [2.24, 2.45) is 5.92 Å². The molecule has 0 saturated carbocycles. The highest BCUT2D eigenvalue weighted by atomic mass is 35.5. The van der Waals surface area contributed by atoms with Gasteiger partial charge in [-0.2, -0.15) is 0 Å². The molecule has 4 nitrogen and oxygen atoms in total. The van der Waals surface area contributed by atoms with Gasteiger partial charge in [0.15, 0.2) is 0 Å². The van der Waals surface area contributed by atoms with Gasteiger partial charge in [0.25, 0.3) is 0 Å². The molecular formula is C13H16ClNO3. The molecule has 0 aliphatic heterocycles. The first-order chi connectivity index (χ1) is 8.49. The van der Waals surface area contributed by atoms with Crippen LogP contribution < -0.4 is 5.32 Å². The lowest BCUT2D eigenvalue weighted by Gasteiger charge is -2.08. The summed E-state index contributed by atoms with van der Waals surface area (Å²) in [6.45, 7) is 1.72. The van der Waals surface area contributed by atoms with Crippen LogP contribution in [0.4, 0.5) is 0 Å². The molecule has 0 radical (unpaired) electrons. The van der Waals surface area contributed by atoms with Crippen LogP contribution in [0.5, 0.6) is 0 Å². The van der Waals surface area contributed by atoms with E-state index in [0.29, 0.717) is 17.9 Å². The first-order valence-electron chi connectivity index (χ1n) is 5.73. The Morgan fingerprint density at radius 3 is 2.50 bits per heavy atom. The molecule has 1 rings (SSSR count). The van der Waals surface area contributed by atoms with Crippen LogP contribution in [0.25, 0.3) is 0 Å². The second-order valence-electron chi connectivity index (χ2n) is 4.17. The minimum atomic E-state index is -0.909. The Balaban J connectivity index is 2.29. The number of carbonyl (C=O) groups excluding carboxylic acids is 1. The van der Waals surface area contributed by atoms with E-state index in [2.05, 4.69) is 5.32 Å². The fourth-order valence-electron chi connectivity index (χ4n) is 1.35. The van der Waals surface area contributed by atoms with E-state index in [9.17, 15) is 9.59 Å². The Bertz CT molecular complexity index is 417. The molecule has 0 aliphatic rings. The number of nitrogens with one attached hydrogen (secondary N) is 1. The Hall–Kier alpha value is -1.55. The van der Waals surface area contributed by atoms with E-state index in [0.717, 1.165) is 5.56 Å². The second-order valence-corrected chi connectivity index (χ2v) is 4.61. The normalized spacial score (nSPS) is 11.9. The summed E-state index contributed by atoms with van der Waals surface area (Å²) in [4.78, 5) is 22.0. The monoisotopic (exact) mass is 269 g/mol. The van der Waals surface area contributed by atoms with Crippen LogP contribution in [0.1, 0.15) is 18.9 Å². The minimum Gasteiger partial charge on any atom is -0.481 e. The fraction of sp³-hybridized carbons (Fsp3) is 0.385. The quantitative estimate of drug-likeness (QED) is 0.831. The molecule has 1 aromatic carbocycles. The third-order valence-corrected chi connectivity index (χ3v) is 2.83. The third-order valence-electron chi connectivity index (χ3n) is 2.58. The van der Waals surface area contributed by atoms with Crippen molar-refractivity contribution in [3.8, 4) is 0 Å². The average Bonchev–Trinajstić information content (AvgIpc) is 2.35. The molecule has 0 fully saturated rings. The molecule has 98 valence electrons. The summed E-state index contributed by atoms with van der Waals surface area (Å²) in [5, 5.41) is 11.9. The number of rotatable bonds is 6. The molecule has 0 heterocycles. The lowest BCUT2D eigenvalue weighted by Crippen LogP contribution is -2.31. The van der Waals surface area contributed by atoms with Crippen LogP contribution in [0.15, 0.2) is 24.3 Å². The van der Waals surface area contributed by atoms with Gasteiger partial charge in [-0.05, 0) is 24.1 Å². The summed E-state index contributed by atoms with van der Waals surface area (Å²) in [5.74, 6) is -1.62. The van der Waals surface area contributed by atoms with Gasteiger partial charge in [0.1, 0.15) is 0 Å². The number of carboxylic acids is 1. The standard InChI is InChI=1S/C13H16ClNO3/c1-9(13(17)18)8-15-12(16)7-4-10-2-5-11(14)6-3-10/h2-3,5-6,9H,4,7-8H2,1H3,(H,15,16)(H,17,18)/t9-/m0/s1. The van der Waals surface area contributed by atoms with Crippen LogP contribution in [-0.4, -0.2) is 23.5 Å². The zero-order valence-corrected chi connectivity index (χ0v) is 10.9. The SMILES string of the molecule is C[C@@H](CNC(=O)CCc1ccc(Cl)cc1)C(=O)O. The summed E-state index contributed by atoms with van der Waals surface area (Å²) in [6.07, 6.45) is 0.957. The van der Waals surface area contributed by atoms with Crippen molar-refractivity contribution in [3.63, 3.8) is 0 Å². The van der Waals surface area contributed by atoms with Crippen LogP contribution in [-0.2, 0) is 16.0 Å². The molecule has 5 heteroatoms. The molecule has 0 spiro atoms. The molecule has 18 heavy (non-hydrogen) atoms. The third kappa shape index (κ3) is 5.19. The number of halogens is 1. The number of aryl methyl sites for hydroxylation is 1. The number of hydrogen-bond donors (Lipinski definition) is 2. The molecule has 0 bridgehead atoms. The van der Waals surface area contributed by atoms with Crippen molar-refractivity contribution in [2.75, 3.05) is 6.54 Å². The summed E-state index contributed by atoms with van der Waals surface area (Å²) in [6, 6.07) is 7.30. The molecule has 0 saturated heterocycles. The lowest BCUT2D eigenvalue weighted by atomic mass is 10.1. The summed E-state index contributed by atoms with van der Waals surface area (Å²) in [7, 11) is 0. The van der Waals surface area contributed by atoms with E-state index >= 15 is 0 Å². The van der Waals surface area contributed by atoms with E-state index in [1.807, 2.05) is 12.1 Å². The second kappa shape index (κ2) is 7.01. The first-order valence-corrected chi connectivity index (χ1v) is 6.11. The molecule has 0 unspecified atom stereocenters. The van der Waals surface area contributed by atoms with Gasteiger partial charge in [-0.25, -0.2) is 0 Å². The van der Waals surface area contributed by atoms with E-state index in [1.165, 1.54) is 0 Å². The van der Waals surface area contributed by atoms with E-state index in [4.69, 9.17) is 16.7 Å². The molecule has 1 aromatic rings. The first kappa shape index (κ1) is 14.5. The number of amides is 1. The predicted molar refractivity (Wildman–Crippen MR) is 69.6 cm³/mol. The molecule has 1 amide bonds. The average molecular weight is 270 g/mol. The number of hydrogen-bond acceptors (Lipinski definition) is 2. The fourth-order valence-corrected chi connectivity index (χ4v) is 1.48. The Kier molecular flexibility index (Phi) is 5.65. The van der Waals surface area contributed by atoms with Crippen molar-refractivity contribution in [2.45, 2.75) is 19.8 Å². The van der Waals surface area contributed by atoms with Crippen LogP contribution >= 0.6 is 11.6 Å². The zero-order valence-electron chi connectivity index (χ0n) is 10.1. The van der Waals surface area contributed by atoms with Crippen molar-refractivity contribution in [3.05, 3.63) is 34.9 Å². The molecule has 1 atom stereocenters. The summed E-state index contributed by atoms with van der Waals surface area (Å²) in [5.41, 5.74) is 1.03. The summed E-state index contributed by atoms with van der Waals surface area (Å²) < 4.78 is 0. The maximum absolute atomic E-state index is 11.5. The topological polar surface area (TPSA) is 66.4 Å². The highest BCUT2D eigenvalue weighted by Gasteiger charge is 2.11. The maximum Gasteiger partial charge on any atom is 0.308 e. The van der Waals surface area contributed by atoms with Crippen molar-refractivity contribution < 1.29 is 14.7 Å². The Labute approximate surface area is 111 Å². The lowest BCUT2D eigenvalue weighted by molar-refractivity contribution is -0.141. The Morgan fingerprint density at radius 1 is 1.33 bits per heavy atom. The van der Waals surface area contributed by atoms with Crippen LogP contribution in [0.3, 0.4) is 0 Å². The number of carboxylic acid groups (broad SMARTS) is 1. The van der Waals surface area contributed by atoms with E-state index < -0.39 is 11.9 Å². The molecular weight excluding hydrogens is 254 g/mol. The van der Waals surface area contributed by atoms with E-state index in [1.54, 1.807) is 19.1 Å². The van der Waals surface area contributed by atoms with Gasteiger partial charge < -0.3 is 10.4 Å².